The molecule has 0 bridgehead atoms. The Labute approximate surface area is 216 Å². The minimum Gasteiger partial charge on any atom is -0.495 e. The fraction of sp³-hybridized carbons (Fsp3) is 0.214. The summed E-state index contributed by atoms with van der Waals surface area (Å²) in [5, 5.41) is 4.71. The highest BCUT2D eigenvalue weighted by molar-refractivity contribution is 7.80. The number of aromatic nitrogens is 2. The van der Waals surface area contributed by atoms with Gasteiger partial charge in [-0.25, -0.2) is 0 Å². The molecule has 0 aliphatic carbocycles. The fourth-order valence-corrected chi connectivity index (χ4v) is 5.62. The lowest BCUT2D eigenvalue weighted by Crippen LogP contribution is -2.29. The summed E-state index contributed by atoms with van der Waals surface area (Å²) in [5.41, 5.74) is 7.74. The van der Waals surface area contributed by atoms with E-state index in [1.54, 1.807) is 7.11 Å². The normalized spacial score (nSPS) is 17.5. The number of nitrogens with one attached hydrogen (secondary N) is 1. The number of thiocarbonyl (C=S) groups is 1. The van der Waals surface area contributed by atoms with Crippen molar-refractivity contribution in [3.63, 3.8) is 0 Å². The maximum Gasteiger partial charge on any atom is 0.174 e. The standard InChI is InChI=1S/C28H27ClN4OS/c1-17-9-5-6-11-24(17)32-18(2)15-21(19(32)3)27-26(23-10-7-8-14-30-23)31-28(35)33(27)20-12-13-25(34-4)22(29)16-20/h5-16,26-27H,1-4H3,(H,31,35). The van der Waals surface area contributed by atoms with Gasteiger partial charge < -0.3 is 19.5 Å². The van der Waals surface area contributed by atoms with Crippen molar-refractivity contribution < 1.29 is 4.74 Å². The third kappa shape index (κ3) is 4.07. The van der Waals surface area contributed by atoms with Gasteiger partial charge in [0.2, 0.25) is 0 Å². The summed E-state index contributed by atoms with van der Waals surface area (Å²) in [4.78, 5) is 6.82. The third-order valence-corrected chi connectivity index (χ3v) is 7.27. The van der Waals surface area contributed by atoms with E-state index in [2.05, 4.69) is 70.9 Å². The first kappa shape index (κ1) is 23.4. The van der Waals surface area contributed by atoms with Gasteiger partial charge in [-0.2, -0.15) is 0 Å². The molecule has 0 spiro atoms. The van der Waals surface area contributed by atoms with Gasteiger partial charge in [0.1, 0.15) is 5.75 Å². The lowest BCUT2D eigenvalue weighted by molar-refractivity contribution is 0.415. The zero-order valence-corrected chi connectivity index (χ0v) is 21.7. The van der Waals surface area contributed by atoms with Crippen LogP contribution in [0.2, 0.25) is 5.02 Å². The van der Waals surface area contributed by atoms with E-state index in [1.807, 2.05) is 42.6 Å². The van der Waals surface area contributed by atoms with Crippen LogP contribution in [0.1, 0.15) is 40.3 Å². The summed E-state index contributed by atoms with van der Waals surface area (Å²) in [6.07, 6.45) is 1.82. The molecule has 0 radical (unpaired) electrons. The quantitative estimate of drug-likeness (QED) is 0.310. The van der Waals surface area contributed by atoms with Crippen LogP contribution in [-0.4, -0.2) is 21.8 Å². The number of benzene rings is 2. The highest BCUT2D eigenvalue weighted by atomic mass is 35.5. The van der Waals surface area contributed by atoms with E-state index in [0.29, 0.717) is 15.9 Å². The van der Waals surface area contributed by atoms with Crippen molar-refractivity contribution in [2.24, 2.45) is 0 Å². The molecule has 0 amide bonds. The molecule has 4 aromatic rings. The number of methoxy groups -OCH3 is 1. The Morgan fingerprint density at radius 1 is 1.00 bits per heavy atom. The molecule has 5 nitrogen and oxygen atoms in total. The largest absolute Gasteiger partial charge is 0.495 e. The van der Waals surface area contributed by atoms with Gasteiger partial charge >= 0.3 is 0 Å². The Kier molecular flexibility index (Phi) is 6.26. The zero-order chi connectivity index (χ0) is 24.7. The van der Waals surface area contributed by atoms with Crippen LogP contribution in [0.4, 0.5) is 5.69 Å². The van der Waals surface area contributed by atoms with Crippen molar-refractivity contribution in [3.05, 3.63) is 106 Å². The molecule has 2 atom stereocenters. The van der Waals surface area contributed by atoms with Gasteiger partial charge in [-0.15, -0.1) is 0 Å². The Morgan fingerprint density at radius 2 is 1.77 bits per heavy atom. The molecule has 178 valence electrons. The predicted molar refractivity (Wildman–Crippen MR) is 146 cm³/mol. The van der Waals surface area contributed by atoms with E-state index < -0.39 is 0 Å². The number of para-hydroxylation sites is 1. The molecule has 1 fully saturated rings. The van der Waals surface area contributed by atoms with Gasteiger partial charge in [-0.1, -0.05) is 35.9 Å². The highest BCUT2D eigenvalue weighted by Gasteiger charge is 2.42. The Balaban J connectivity index is 1.69. The first-order valence-electron chi connectivity index (χ1n) is 11.5. The zero-order valence-electron chi connectivity index (χ0n) is 20.1. The van der Waals surface area contributed by atoms with Gasteiger partial charge in [-0.3, -0.25) is 4.98 Å². The Hall–Kier alpha value is -3.35. The van der Waals surface area contributed by atoms with Crippen molar-refractivity contribution in [3.8, 4) is 11.4 Å². The molecule has 2 aromatic heterocycles. The van der Waals surface area contributed by atoms with Crippen LogP contribution in [0.15, 0.2) is 72.9 Å². The minimum absolute atomic E-state index is 0.120. The Bertz CT molecular complexity index is 1400. The van der Waals surface area contributed by atoms with E-state index in [1.165, 1.54) is 22.5 Å². The second-order valence-corrected chi connectivity index (χ2v) is 9.56. The predicted octanol–water partition coefficient (Wildman–Crippen LogP) is 6.64. The van der Waals surface area contributed by atoms with E-state index in [-0.39, 0.29) is 12.1 Å². The number of anilines is 1. The van der Waals surface area contributed by atoms with Gasteiger partial charge in [0.15, 0.2) is 5.11 Å². The number of ether oxygens (including phenoxy) is 1. The van der Waals surface area contributed by atoms with Crippen LogP contribution in [-0.2, 0) is 0 Å². The molecular formula is C28H27ClN4OS. The molecule has 7 heteroatoms. The number of pyridine rings is 1. The van der Waals surface area contributed by atoms with Crippen molar-refractivity contribution in [2.45, 2.75) is 32.9 Å². The van der Waals surface area contributed by atoms with Crippen LogP contribution in [0.3, 0.4) is 0 Å². The van der Waals surface area contributed by atoms with Crippen molar-refractivity contribution >= 4 is 34.6 Å². The van der Waals surface area contributed by atoms with Crippen LogP contribution in [0, 0.1) is 20.8 Å². The first-order valence-corrected chi connectivity index (χ1v) is 12.3. The van der Waals surface area contributed by atoms with Crippen molar-refractivity contribution in [2.75, 3.05) is 12.0 Å². The molecular weight excluding hydrogens is 476 g/mol. The molecule has 1 N–H and O–H groups in total. The van der Waals surface area contributed by atoms with Crippen LogP contribution in [0.25, 0.3) is 5.69 Å². The molecule has 2 unspecified atom stereocenters. The average Bonchev–Trinajstić information content (AvgIpc) is 3.35. The summed E-state index contributed by atoms with van der Waals surface area (Å²) in [6.45, 7) is 6.46. The summed E-state index contributed by atoms with van der Waals surface area (Å²) in [6, 6.07) is 22.2. The molecule has 1 aliphatic rings. The number of hydrogen-bond acceptors (Lipinski definition) is 3. The first-order chi connectivity index (χ1) is 16.9. The molecule has 1 aliphatic heterocycles. The van der Waals surface area contributed by atoms with Crippen LogP contribution >= 0.6 is 23.8 Å². The summed E-state index contributed by atoms with van der Waals surface area (Å²) in [5.74, 6) is 0.629. The third-order valence-electron chi connectivity index (χ3n) is 6.66. The average molecular weight is 503 g/mol. The van der Waals surface area contributed by atoms with E-state index in [9.17, 15) is 0 Å². The SMILES string of the molecule is COc1ccc(N2C(=S)NC(c3ccccn3)C2c2cc(C)n(-c3ccccc3C)c2C)cc1Cl. The number of hydrogen-bond donors (Lipinski definition) is 1. The molecule has 5 rings (SSSR count). The summed E-state index contributed by atoms with van der Waals surface area (Å²) >= 11 is 12.4. The van der Waals surface area contributed by atoms with Crippen molar-refractivity contribution in [1.82, 2.24) is 14.9 Å². The van der Waals surface area contributed by atoms with Gasteiger partial charge in [0, 0.05) is 29.0 Å². The maximum absolute atomic E-state index is 6.53. The smallest absolute Gasteiger partial charge is 0.174 e. The number of nitrogens with zero attached hydrogens (tertiary/aromatic N) is 3. The monoisotopic (exact) mass is 502 g/mol. The molecule has 1 saturated heterocycles. The topological polar surface area (TPSA) is 42.3 Å². The second kappa shape index (κ2) is 9.36. The molecule has 2 aromatic carbocycles. The van der Waals surface area contributed by atoms with Gasteiger partial charge in [0.05, 0.1) is 29.9 Å². The van der Waals surface area contributed by atoms with E-state index >= 15 is 0 Å². The van der Waals surface area contributed by atoms with Crippen LogP contribution < -0.4 is 15.0 Å². The summed E-state index contributed by atoms with van der Waals surface area (Å²) in [7, 11) is 1.61. The lowest BCUT2D eigenvalue weighted by atomic mass is 9.96. The lowest BCUT2D eigenvalue weighted by Gasteiger charge is -2.28. The number of rotatable bonds is 5. The number of aryl methyl sites for hydroxylation is 2. The Morgan fingerprint density at radius 3 is 2.46 bits per heavy atom. The molecule has 35 heavy (non-hydrogen) atoms. The van der Waals surface area contributed by atoms with E-state index in [0.717, 1.165) is 17.1 Å². The molecule has 0 saturated carbocycles. The fourth-order valence-electron chi connectivity index (χ4n) is 5.03. The summed E-state index contributed by atoms with van der Waals surface area (Å²) < 4.78 is 7.70. The maximum atomic E-state index is 6.53. The van der Waals surface area contributed by atoms with Crippen LogP contribution in [0.5, 0.6) is 5.75 Å². The number of halogens is 1. The minimum atomic E-state index is -0.129. The van der Waals surface area contributed by atoms with Gasteiger partial charge in [0.25, 0.3) is 0 Å². The van der Waals surface area contributed by atoms with Crippen molar-refractivity contribution in [1.29, 1.82) is 0 Å². The highest BCUT2D eigenvalue weighted by Crippen LogP contribution is 2.45. The second-order valence-electron chi connectivity index (χ2n) is 8.76. The van der Waals surface area contributed by atoms with Gasteiger partial charge in [-0.05, 0) is 86.6 Å². The molecule has 3 heterocycles. The van der Waals surface area contributed by atoms with E-state index in [4.69, 9.17) is 28.6 Å².